The standard InChI is InChI=1S/C24H30N4O3/c29-24(18-26-8-12-27(13-9-26)21-4-2-1-3-5-21)28-14-10-25(11-15-28)17-20-6-7-22-23(16-20)31-19-30-22/h1-7,16H,8-15,17-19H2. The number of rotatable bonds is 5. The average molecular weight is 423 g/mol. The van der Waals surface area contributed by atoms with Crippen LogP contribution in [0, 0.1) is 0 Å². The van der Waals surface area contributed by atoms with Crippen molar-refractivity contribution in [2.24, 2.45) is 0 Å². The second-order valence-corrected chi connectivity index (χ2v) is 8.44. The molecule has 1 amide bonds. The smallest absolute Gasteiger partial charge is 0.236 e. The van der Waals surface area contributed by atoms with Gasteiger partial charge in [0.2, 0.25) is 12.7 Å². The molecule has 0 spiro atoms. The van der Waals surface area contributed by atoms with E-state index in [2.05, 4.69) is 51.1 Å². The molecule has 2 aromatic rings. The van der Waals surface area contributed by atoms with E-state index in [1.165, 1.54) is 11.3 Å². The highest BCUT2D eigenvalue weighted by molar-refractivity contribution is 5.78. The van der Waals surface area contributed by atoms with E-state index in [1.807, 2.05) is 17.0 Å². The van der Waals surface area contributed by atoms with Gasteiger partial charge in [-0.1, -0.05) is 24.3 Å². The molecule has 2 aromatic carbocycles. The van der Waals surface area contributed by atoms with Gasteiger partial charge in [-0.2, -0.15) is 0 Å². The van der Waals surface area contributed by atoms with Crippen LogP contribution in [0.3, 0.4) is 0 Å². The minimum absolute atomic E-state index is 0.260. The highest BCUT2D eigenvalue weighted by atomic mass is 16.7. The molecule has 0 N–H and O–H groups in total. The average Bonchev–Trinajstić information content (AvgIpc) is 3.29. The number of hydrogen-bond acceptors (Lipinski definition) is 6. The molecule has 2 fully saturated rings. The van der Waals surface area contributed by atoms with Crippen molar-refractivity contribution in [3.8, 4) is 11.5 Å². The molecule has 164 valence electrons. The lowest BCUT2D eigenvalue weighted by Crippen LogP contribution is -2.53. The minimum Gasteiger partial charge on any atom is -0.454 e. The molecule has 7 nitrogen and oxygen atoms in total. The molecule has 3 aliphatic heterocycles. The van der Waals surface area contributed by atoms with Crippen LogP contribution >= 0.6 is 0 Å². The van der Waals surface area contributed by atoms with Gasteiger partial charge in [-0.3, -0.25) is 14.6 Å². The maximum absolute atomic E-state index is 12.8. The largest absolute Gasteiger partial charge is 0.454 e. The van der Waals surface area contributed by atoms with E-state index in [0.29, 0.717) is 13.3 Å². The fraction of sp³-hybridized carbons (Fsp3) is 0.458. The monoisotopic (exact) mass is 422 g/mol. The van der Waals surface area contributed by atoms with Gasteiger partial charge >= 0.3 is 0 Å². The van der Waals surface area contributed by atoms with Crippen molar-refractivity contribution in [3.05, 3.63) is 54.1 Å². The van der Waals surface area contributed by atoms with Crippen molar-refractivity contribution >= 4 is 11.6 Å². The van der Waals surface area contributed by atoms with Gasteiger partial charge in [0.1, 0.15) is 0 Å². The van der Waals surface area contributed by atoms with Gasteiger partial charge in [0.15, 0.2) is 11.5 Å². The van der Waals surface area contributed by atoms with Crippen molar-refractivity contribution in [1.82, 2.24) is 14.7 Å². The van der Waals surface area contributed by atoms with Gasteiger partial charge in [0, 0.05) is 64.6 Å². The van der Waals surface area contributed by atoms with Crippen LogP contribution in [0.1, 0.15) is 5.56 Å². The van der Waals surface area contributed by atoms with Crippen LogP contribution < -0.4 is 14.4 Å². The zero-order valence-electron chi connectivity index (χ0n) is 17.9. The van der Waals surface area contributed by atoms with Gasteiger partial charge in [0.05, 0.1) is 6.54 Å². The number of para-hydroxylation sites is 1. The molecule has 3 aliphatic rings. The summed E-state index contributed by atoms with van der Waals surface area (Å²) in [6, 6.07) is 16.7. The number of carbonyl (C=O) groups is 1. The van der Waals surface area contributed by atoms with Crippen LogP contribution in [0.2, 0.25) is 0 Å². The van der Waals surface area contributed by atoms with Crippen LogP contribution in [0.15, 0.2) is 48.5 Å². The maximum Gasteiger partial charge on any atom is 0.236 e. The molecular formula is C24H30N4O3. The number of amides is 1. The minimum atomic E-state index is 0.260. The Morgan fingerprint density at radius 1 is 0.774 bits per heavy atom. The third-order valence-electron chi connectivity index (χ3n) is 6.42. The van der Waals surface area contributed by atoms with Crippen LogP contribution in [-0.4, -0.2) is 86.3 Å². The molecular weight excluding hydrogens is 392 g/mol. The summed E-state index contributed by atoms with van der Waals surface area (Å²) in [5.74, 6) is 1.92. The number of ether oxygens (including phenoxy) is 2. The van der Waals surface area contributed by atoms with Crippen molar-refractivity contribution in [3.63, 3.8) is 0 Å². The van der Waals surface area contributed by atoms with Crippen molar-refractivity contribution in [2.75, 3.05) is 70.6 Å². The van der Waals surface area contributed by atoms with E-state index >= 15 is 0 Å². The summed E-state index contributed by atoms with van der Waals surface area (Å²) >= 11 is 0. The molecule has 5 rings (SSSR count). The number of hydrogen-bond donors (Lipinski definition) is 0. The van der Waals surface area contributed by atoms with E-state index in [-0.39, 0.29) is 5.91 Å². The number of piperazine rings is 2. The molecule has 0 atom stereocenters. The lowest BCUT2D eigenvalue weighted by atomic mass is 10.1. The first-order valence-corrected chi connectivity index (χ1v) is 11.2. The van der Waals surface area contributed by atoms with E-state index in [1.54, 1.807) is 0 Å². The Balaban J connectivity index is 1.05. The second-order valence-electron chi connectivity index (χ2n) is 8.44. The van der Waals surface area contributed by atoms with Crippen molar-refractivity contribution in [1.29, 1.82) is 0 Å². The lowest BCUT2D eigenvalue weighted by Gasteiger charge is -2.38. The highest BCUT2D eigenvalue weighted by Gasteiger charge is 2.25. The molecule has 3 heterocycles. The van der Waals surface area contributed by atoms with Gasteiger partial charge in [-0.05, 0) is 29.8 Å². The molecule has 0 unspecified atom stereocenters. The Hall–Kier alpha value is -2.77. The molecule has 0 saturated carbocycles. The summed E-state index contributed by atoms with van der Waals surface area (Å²) in [6.45, 7) is 8.94. The summed E-state index contributed by atoms with van der Waals surface area (Å²) in [7, 11) is 0. The lowest BCUT2D eigenvalue weighted by molar-refractivity contribution is -0.134. The second kappa shape index (κ2) is 9.16. The van der Waals surface area contributed by atoms with Gasteiger partial charge < -0.3 is 19.3 Å². The summed E-state index contributed by atoms with van der Waals surface area (Å²) in [6.07, 6.45) is 0. The Kier molecular flexibility index (Phi) is 5.95. The Morgan fingerprint density at radius 3 is 2.26 bits per heavy atom. The van der Waals surface area contributed by atoms with Gasteiger partial charge in [-0.25, -0.2) is 0 Å². The quantitative estimate of drug-likeness (QED) is 0.734. The van der Waals surface area contributed by atoms with Crippen LogP contribution in [0.5, 0.6) is 11.5 Å². The summed E-state index contributed by atoms with van der Waals surface area (Å²) in [5.41, 5.74) is 2.49. The molecule has 0 aliphatic carbocycles. The summed E-state index contributed by atoms with van der Waals surface area (Å²) in [5, 5.41) is 0. The van der Waals surface area contributed by atoms with Crippen LogP contribution in [-0.2, 0) is 11.3 Å². The number of nitrogens with zero attached hydrogens (tertiary/aromatic N) is 4. The molecule has 0 radical (unpaired) electrons. The fourth-order valence-electron chi connectivity index (χ4n) is 4.55. The van der Waals surface area contributed by atoms with Gasteiger partial charge in [0.25, 0.3) is 0 Å². The number of benzene rings is 2. The van der Waals surface area contributed by atoms with Crippen LogP contribution in [0.25, 0.3) is 0 Å². The zero-order chi connectivity index (χ0) is 21.0. The van der Waals surface area contributed by atoms with E-state index in [4.69, 9.17) is 9.47 Å². The van der Waals surface area contributed by atoms with Crippen LogP contribution in [0.4, 0.5) is 5.69 Å². The first-order chi connectivity index (χ1) is 15.2. The summed E-state index contributed by atoms with van der Waals surface area (Å²) < 4.78 is 10.9. The molecule has 7 heteroatoms. The zero-order valence-corrected chi connectivity index (χ0v) is 17.9. The normalized spacial score (nSPS) is 19.6. The number of fused-ring (bicyclic) bond motifs is 1. The molecule has 0 bridgehead atoms. The predicted molar refractivity (Wildman–Crippen MR) is 120 cm³/mol. The van der Waals surface area contributed by atoms with Crippen molar-refractivity contribution < 1.29 is 14.3 Å². The molecule has 2 saturated heterocycles. The summed E-state index contributed by atoms with van der Waals surface area (Å²) in [4.78, 5) is 22.0. The SMILES string of the molecule is O=C(CN1CCN(c2ccccc2)CC1)N1CCN(Cc2ccc3c(c2)OCO3)CC1. The van der Waals surface area contributed by atoms with E-state index in [9.17, 15) is 4.79 Å². The highest BCUT2D eigenvalue weighted by Crippen LogP contribution is 2.32. The Bertz CT molecular complexity index is 891. The van der Waals surface area contributed by atoms with Gasteiger partial charge in [-0.15, -0.1) is 0 Å². The van der Waals surface area contributed by atoms with E-state index in [0.717, 1.165) is 70.4 Å². The van der Waals surface area contributed by atoms with Crippen molar-refractivity contribution in [2.45, 2.75) is 6.54 Å². The third-order valence-corrected chi connectivity index (χ3v) is 6.42. The predicted octanol–water partition coefficient (Wildman–Crippen LogP) is 1.88. The van der Waals surface area contributed by atoms with E-state index < -0.39 is 0 Å². The Labute approximate surface area is 183 Å². The maximum atomic E-state index is 12.8. The topological polar surface area (TPSA) is 48.5 Å². The third kappa shape index (κ3) is 4.78. The Morgan fingerprint density at radius 2 is 1.48 bits per heavy atom. The molecule has 0 aromatic heterocycles. The first-order valence-electron chi connectivity index (χ1n) is 11.2. The molecule has 31 heavy (non-hydrogen) atoms. The number of anilines is 1. The number of carbonyl (C=O) groups excluding carboxylic acids is 1. The first kappa shape index (κ1) is 20.2. The fourth-order valence-corrected chi connectivity index (χ4v) is 4.55.